The molecule has 0 unspecified atom stereocenters. The fourth-order valence-electron chi connectivity index (χ4n) is 8.40. The average molecular weight is 688 g/mol. The van der Waals surface area contributed by atoms with E-state index in [-0.39, 0.29) is 0 Å². The molecule has 1 aromatic heterocycles. The summed E-state index contributed by atoms with van der Waals surface area (Å²) < 4.78 is 6.25. The number of para-hydroxylation sites is 1. The minimum absolute atomic E-state index is 0.885. The molecule has 54 heavy (non-hydrogen) atoms. The first-order valence-corrected chi connectivity index (χ1v) is 18.5. The lowest BCUT2D eigenvalue weighted by atomic mass is 9.91. The quantitative estimate of drug-likeness (QED) is 0.168. The van der Waals surface area contributed by atoms with Crippen molar-refractivity contribution in [3.05, 3.63) is 200 Å². The summed E-state index contributed by atoms with van der Waals surface area (Å²) >= 11 is 0. The summed E-state index contributed by atoms with van der Waals surface area (Å²) in [5.41, 5.74) is 9.73. The Kier molecular flexibility index (Phi) is 6.90. The van der Waals surface area contributed by atoms with Crippen LogP contribution in [0.25, 0.3) is 87.3 Å². The van der Waals surface area contributed by atoms with Gasteiger partial charge in [-0.2, -0.15) is 0 Å². The Morgan fingerprint density at radius 2 is 0.796 bits per heavy atom. The minimum atomic E-state index is 0.885. The van der Waals surface area contributed by atoms with Gasteiger partial charge >= 0.3 is 0 Å². The number of rotatable bonds is 5. The van der Waals surface area contributed by atoms with Gasteiger partial charge in [0.2, 0.25) is 0 Å². The van der Waals surface area contributed by atoms with Gasteiger partial charge in [0.05, 0.1) is 0 Å². The van der Waals surface area contributed by atoms with Crippen molar-refractivity contribution in [2.24, 2.45) is 0 Å². The molecule has 252 valence electrons. The fraction of sp³-hybridized carbons (Fsp3) is 0. The summed E-state index contributed by atoms with van der Waals surface area (Å²) in [6.07, 6.45) is 0. The van der Waals surface area contributed by atoms with E-state index in [0.717, 1.165) is 44.6 Å². The van der Waals surface area contributed by atoms with Crippen molar-refractivity contribution in [2.45, 2.75) is 0 Å². The zero-order valence-corrected chi connectivity index (χ0v) is 29.4. The van der Waals surface area contributed by atoms with Gasteiger partial charge in [0, 0.05) is 27.8 Å². The number of anilines is 3. The predicted molar refractivity (Wildman–Crippen MR) is 229 cm³/mol. The van der Waals surface area contributed by atoms with E-state index in [2.05, 4.69) is 193 Å². The van der Waals surface area contributed by atoms with Crippen LogP contribution in [0, 0.1) is 0 Å². The third-order valence-corrected chi connectivity index (χ3v) is 11.0. The van der Waals surface area contributed by atoms with E-state index in [4.69, 9.17) is 4.42 Å². The van der Waals surface area contributed by atoms with E-state index in [1.54, 1.807) is 0 Å². The highest BCUT2D eigenvalue weighted by molar-refractivity contribution is 6.27. The summed E-state index contributed by atoms with van der Waals surface area (Å²) in [6, 6.07) is 72.4. The Balaban J connectivity index is 1.11. The number of furan rings is 1. The van der Waals surface area contributed by atoms with Crippen molar-refractivity contribution in [3.8, 4) is 22.3 Å². The topological polar surface area (TPSA) is 16.4 Å². The van der Waals surface area contributed by atoms with Crippen LogP contribution >= 0.6 is 0 Å². The molecule has 11 aromatic rings. The number of hydrogen-bond acceptors (Lipinski definition) is 2. The Bertz CT molecular complexity index is 3220. The molecule has 0 radical (unpaired) electrons. The van der Waals surface area contributed by atoms with E-state index in [9.17, 15) is 0 Å². The van der Waals surface area contributed by atoms with E-state index >= 15 is 0 Å². The lowest BCUT2D eigenvalue weighted by Gasteiger charge is -2.26. The van der Waals surface area contributed by atoms with Crippen LogP contribution in [0.4, 0.5) is 17.1 Å². The Labute approximate surface area is 312 Å². The molecule has 1 heterocycles. The molecule has 0 spiro atoms. The molecule has 11 rings (SSSR count). The highest BCUT2D eigenvalue weighted by Crippen LogP contribution is 2.42. The zero-order chi connectivity index (χ0) is 35.6. The van der Waals surface area contributed by atoms with E-state index < -0.39 is 0 Å². The normalized spacial score (nSPS) is 11.7. The van der Waals surface area contributed by atoms with Crippen molar-refractivity contribution < 1.29 is 4.42 Å². The zero-order valence-electron chi connectivity index (χ0n) is 29.4. The van der Waals surface area contributed by atoms with Crippen molar-refractivity contribution in [3.63, 3.8) is 0 Å². The Morgan fingerprint density at radius 3 is 1.56 bits per heavy atom. The van der Waals surface area contributed by atoms with Crippen molar-refractivity contribution in [1.29, 1.82) is 0 Å². The molecule has 10 aromatic carbocycles. The second-order valence-electron chi connectivity index (χ2n) is 14.1. The van der Waals surface area contributed by atoms with Gasteiger partial charge in [-0.15, -0.1) is 0 Å². The number of fused-ring (bicyclic) bond motifs is 10. The van der Waals surface area contributed by atoms with Crippen molar-refractivity contribution in [2.75, 3.05) is 4.90 Å². The fourth-order valence-corrected chi connectivity index (χ4v) is 8.40. The van der Waals surface area contributed by atoms with Crippen LogP contribution < -0.4 is 4.90 Å². The summed E-state index contributed by atoms with van der Waals surface area (Å²) in [5, 5.41) is 12.4. The standard InChI is InChI=1S/C52H33NO/c1-2-10-34(11-3-1)39-13-8-15-42(30-39)53(44-28-29-50-48(33-44)46-18-6-7-19-49(46)54-50)43-16-9-14-40(31-43)41-27-22-36-21-24-38-26-25-37-23-20-35-12-4-5-17-45(35)51(37)52(38)47(36)32-41/h1-33H. The van der Waals surface area contributed by atoms with Gasteiger partial charge < -0.3 is 9.32 Å². The van der Waals surface area contributed by atoms with Gasteiger partial charge in [0.1, 0.15) is 11.2 Å². The van der Waals surface area contributed by atoms with Crippen LogP contribution in [-0.2, 0) is 0 Å². The molecule has 2 nitrogen and oxygen atoms in total. The summed E-state index contributed by atoms with van der Waals surface area (Å²) in [6.45, 7) is 0. The third kappa shape index (κ3) is 4.96. The highest BCUT2D eigenvalue weighted by Gasteiger charge is 2.18. The summed E-state index contributed by atoms with van der Waals surface area (Å²) in [7, 11) is 0. The number of nitrogens with zero attached hydrogens (tertiary/aromatic N) is 1. The van der Waals surface area contributed by atoms with E-state index in [1.165, 1.54) is 59.8 Å². The molecule has 0 N–H and O–H groups in total. The summed E-state index contributed by atoms with van der Waals surface area (Å²) in [5.74, 6) is 0. The maximum absolute atomic E-state index is 6.25. The Morgan fingerprint density at radius 1 is 0.278 bits per heavy atom. The second-order valence-corrected chi connectivity index (χ2v) is 14.1. The van der Waals surface area contributed by atoms with E-state index in [0.29, 0.717) is 0 Å². The molecule has 0 bridgehead atoms. The molecule has 0 aliphatic heterocycles. The summed E-state index contributed by atoms with van der Waals surface area (Å²) in [4.78, 5) is 2.37. The monoisotopic (exact) mass is 687 g/mol. The molecule has 0 aliphatic carbocycles. The Hall–Kier alpha value is -7.16. The van der Waals surface area contributed by atoms with Crippen LogP contribution in [0.15, 0.2) is 205 Å². The second kappa shape index (κ2) is 12.2. The van der Waals surface area contributed by atoms with Gasteiger partial charge in [0.25, 0.3) is 0 Å². The van der Waals surface area contributed by atoms with Crippen LogP contribution in [-0.4, -0.2) is 0 Å². The first-order chi connectivity index (χ1) is 26.7. The van der Waals surface area contributed by atoms with Crippen LogP contribution in [0.1, 0.15) is 0 Å². The molecule has 0 fully saturated rings. The maximum atomic E-state index is 6.25. The SMILES string of the molecule is c1ccc(-c2cccc(N(c3cccc(-c4ccc5ccc6ccc7ccc8ccccc8c7c6c5c4)c3)c3ccc4oc5ccccc5c4c3)c2)cc1. The van der Waals surface area contributed by atoms with Gasteiger partial charge in [0.15, 0.2) is 0 Å². The van der Waals surface area contributed by atoms with Gasteiger partial charge in [-0.25, -0.2) is 0 Å². The lowest BCUT2D eigenvalue weighted by molar-refractivity contribution is 0.669. The molecule has 0 saturated heterocycles. The first kappa shape index (κ1) is 30.5. The average Bonchev–Trinajstić information content (AvgIpc) is 3.62. The highest BCUT2D eigenvalue weighted by atomic mass is 16.3. The van der Waals surface area contributed by atoms with Crippen LogP contribution in [0.5, 0.6) is 0 Å². The molecule has 0 amide bonds. The largest absolute Gasteiger partial charge is 0.456 e. The molecular weight excluding hydrogens is 655 g/mol. The number of hydrogen-bond donors (Lipinski definition) is 0. The molecule has 2 heteroatoms. The first-order valence-electron chi connectivity index (χ1n) is 18.5. The smallest absolute Gasteiger partial charge is 0.135 e. The molecule has 0 atom stereocenters. The van der Waals surface area contributed by atoms with E-state index in [1.807, 2.05) is 12.1 Å². The van der Waals surface area contributed by atoms with Crippen molar-refractivity contribution >= 4 is 82.1 Å². The van der Waals surface area contributed by atoms with Crippen LogP contribution in [0.3, 0.4) is 0 Å². The number of benzene rings is 10. The molecular formula is C52H33NO. The van der Waals surface area contributed by atoms with Gasteiger partial charge in [-0.05, 0) is 120 Å². The third-order valence-electron chi connectivity index (χ3n) is 11.0. The predicted octanol–water partition coefficient (Wildman–Crippen LogP) is 15.0. The van der Waals surface area contributed by atoms with Crippen LogP contribution in [0.2, 0.25) is 0 Å². The van der Waals surface area contributed by atoms with Crippen molar-refractivity contribution in [1.82, 2.24) is 0 Å². The maximum Gasteiger partial charge on any atom is 0.135 e. The van der Waals surface area contributed by atoms with Gasteiger partial charge in [-0.3, -0.25) is 0 Å². The lowest BCUT2D eigenvalue weighted by Crippen LogP contribution is -2.10. The molecule has 0 saturated carbocycles. The minimum Gasteiger partial charge on any atom is -0.456 e. The molecule has 0 aliphatic rings. The van der Waals surface area contributed by atoms with Gasteiger partial charge in [-0.1, -0.05) is 146 Å².